The summed E-state index contributed by atoms with van der Waals surface area (Å²) in [6.45, 7) is 7.70. The Kier molecular flexibility index (Phi) is 4.26. The minimum atomic E-state index is 0.281. The summed E-state index contributed by atoms with van der Waals surface area (Å²) < 4.78 is 4.96. The lowest BCUT2D eigenvalue weighted by Gasteiger charge is -2.07. The number of hydrogen-bond acceptors (Lipinski definition) is 6. The number of allylic oxidation sites excluding steroid dienone is 1. The van der Waals surface area contributed by atoms with E-state index in [-0.39, 0.29) is 5.76 Å². The van der Waals surface area contributed by atoms with Gasteiger partial charge in [-0.05, 0) is 27.7 Å². The van der Waals surface area contributed by atoms with Crippen LogP contribution in [0, 0.1) is 39.0 Å². The summed E-state index contributed by atoms with van der Waals surface area (Å²) in [5.74, 6) is 0.281. The van der Waals surface area contributed by atoms with Crippen LogP contribution in [0.3, 0.4) is 0 Å². The molecule has 0 amide bonds. The number of hydrogen-bond donors (Lipinski definition) is 0. The molecule has 0 saturated heterocycles. The molecule has 4 nitrogen and oxygen atoms in total. The van der Waals surface area contributed by atoms with Crippen molar-refractivity contribution in [2.75, 3.05) is 0 Å². The lowest BCUT2D eigenvalue weighted by atomic mass is 10.2. The monoisotopic (exact) mass is 301 g/mol. The zero-order valence-electron chi connectivity index (χ0n) is 11.6. The molecule has 0 N–H and O–H groups in total. The second-order valence-corrected chi connectivity index (χ2v) is 6.84. The molecule has 0 aromatic carbocycles. The van der Waals surface area contributed by atoms with Gasteiger partial charge in [-0.1, -0.05) is 0 Å². The van der Waals surface area contributed by atoms with Crippen molar-refractivity contribution in [1.29, 1.82) is 5.26 Å². The van der Waals surface area contributed by atoms with Gasteiger partial charge in [0.25, 0.3) is 0 Å². The SMILES string of the molecule is [B]OC(=C(C#N)c1nc(C)c(C)s1)c1nc(C)sc1C. The van der Waals surface area contributed by atoms with Crippen molar-refractivity contribution in [3.63, 3.8) is 0 Å². The number of aryl methyl sites for hydroxylation is 4. The summed E-state index contributed by atoms with van der Waals surface area (Å²) in [4.78, 5) is 10.8. The maximum absolute atomic E-state index is 9.44. The van der Waals surface area contributed by atoms with E-state index in [1.165, 1.54) is 22.7 Å². The Morgan fingerprint density at radius 2 is 1.85 bits per heavy atom. The van der Waals surface area contributed by atoms with Crippen LogP contribution in [0.15, 0.2) is 0 Å². The first kappa shape index (κ1) is 14.8. The van der Waals surface area contributed by atoms with Crippen molar-refractivity contribution in [1.82, 2.24) is 9.97 Å². The molecule has 0 atom stereocenters. The van der Waals surface area contributed by atoms with Crippen molar-refractivity contribution < 1.29 is 4.65 Å². The van der Waals surface area contributed by atoms with E-state index < -0.39 is 0 Å². The van der Waals surface area contributed by atoms with E-state index in [2.05, 4.69) is 16.0 Å². The van der Waals surface area contributed by atoms with Gasteiger partial charge in [-0.25, -0.2) is 9.97 Å². The quantitative estimate of drug-likeness (QED) is 0.496. The van der Waals surface area contributed by atoms with Crippen molar-refractivity contribution in [3.8, 4) is 6.07 Å². The molecule has 0 spiro atoms. The highest BCUT2D eigenvalue weighted by Gasteiger charge is 2.20. The van der Waals surface area contributed by atoms with E-state index >= 15 is 0 Å². The minimum Gasteiger partial charge on any atom is -0.565 e. The Morgan fingerprint density at radius 1 is 1.15 bits per heavy atom. The molecular weight excluding hydrogens is 289 g/mol. The maximum atomic E-state index is 9.44. The number of nitrogens with zero attached hydrogens (tertiary/aromatic N) is 3. The smallest absolute Gasteiger partial charge is 0.374 e. The van der Waals surface area contributed by atoms with Gasteiger partial charge < -0.3 is 4.65 Å². The van der Waals surface area contributed by atoms with E-state index in [1.807, 2.05) is 27.7 Å². The standard InChI is InChI=1S/C13H12BN3OS2/c1-6-7(2)20-13(16-6)10(5-15)12(18-14)11-8(3)19-9(4)17-11/h1-4H3. The normalized spacial score (nSPS) is 11.9. The molecule has 0 bridgehead atoms. The summed E-state index contributed by atoms with van der Waals surface area (Å²) in [7, 11) is 5.37. The molecule has 0 unspecified atom stereocenters. The van der Waals surface area contributed by atoms with Crippen LogP contribution in [0.4, 0.5) is 0 Å². The predicted octanol–water partition coefficient (Wildman–Crippen LogP) is 3.33. The summed E-state index contributed by atoms with van der Waals surface area (Å²) in [6.07, 6.45) is 0. The van der Waals surface area contributed by atoms with Crippen LogP contribution < -0.4 is 0 Å². The van der Waals surface area contributed by atoms with Gasteiger partial charge in [-0.15, -0.1) is 22.7 Å². The molecular formula is C13H12BN3OS2. The molecule has 2 radical (unpaired) electrons. The Bertz CT molecular complexity index is 705. The minimum absolute atomic E-state index is 0.281. The van der Waals surface area contributed by atoms with Gasteiger partial charge in [0.2, 0.25) is 0 Å². The predicted molar refractivity (Wildman–Crippen MR) is 82.4 cm³/mol. The molecule has 0 aliphatic heterocycles. The lowest BCUT2D eigenvalue weighted by molar-refractivity contribution is 0.570. The Balaban J connectivity index is 2.66. The molecule has 0 aliphatic rings. The topological polar surface area (TPSA) is 58.8 Å². The largest absolute Gasteiger partial charge is 0.565 e. The van der Waals surface area contributed by atoms with Crippen molar-refractivity contribution in [2.24, 2.45) is 0 Å². The first-order valence-corrected chi connectivity index (χ1v) is 7.51. The highest BCUT2D eigenvalue weighted by Crippen LogP contribution is 2.32. The second-order valence-electron chi connectivity index (χ2n) is 4.23. The van der Waals surface area contributed by atoms with Crippen LogP contribution in [0.5, 0.6) is 0 Å². The third kappa shape index (κ3) is 2.62. The Hall–Kier alpha value is -1.65. The van der Waals surface area contributed by atoms with Crippen LogP contribution in [-0.4, -0.2) is 18.0 Å². The van der Waals surface area contributed by atoms with Crippen molar-refractivity contribution in [2.45, 2.75) is 27.7 Å². The number of nitriles is 1. The number of thiazole rings is 2. The molecule has 20 heavy (non-hydrogen) atoms. The summed E-state index contributed by atoms with van der Waals surface area (Å²) in [5, 5.41) is 10.9. The average Bonchev–Trinajstić information content (AvgIpc) is 2.89. The van der Waals surface area contributed by atoms with Gasteiger partial charge in [-0.3, -0.25) is 0 Å². The molecule has 0 aliphatic carbocycles. The second kappa shape index (κ2) is 5.77. The molecule has 2 aromatic rings. The molecule has 2 heterocycles. The average molecular weight is 301 g/mol. The third-order valence-corrected chi connectivity index (χ3v) is 4.79. The molecule has 2 rings (SSSR count). The third-order valence-electron chi connectivity index (χ3n) is 2.82. The zero-order chi connectivity index (χ0) is 14.9. The zero-order valence-corrected chi connectivity index (χ0v) is 13.3. The van der Waals surface area contributed by atoms with Crippen LogP contribution in [-0.2, 0) is 4.65 Å². The molecule has 0 saturated carbocycles. The summed E-state index contributed by atoms with van der Waals surface area (Å²) >= 11 is 2.98. The first-order chi connectivity index (χ1) is 9.47. The van der Waals surface area contributed by atoms with E-state index in [4.69, 9.17) is 12.7 Å². The fourth-order valence-corrected chi connectivity index (χ4v) is 3.47. The fourth-order valence-electron chi connectivity index (χ4n) is 1.75. The van der Waals surface area contributed by atoms with E-state index in [9.17, 15) is 5.26 Å². The van der Waals surface area contributed by atoms with Gasteiger partial charge in [0, 0.05) is 9.75 Å². The summed E-state index contributed by atoms with van der Waals surface area (Å²) in [6, 6.07) is 2.13. The lowest BCUT2D eigenvalue weighted by Crippen LogP contribution is -1.96. The van der Waals surface area contributed by atoms with Crippen LogP contribution in [0.25, 0.3) is 11.3 Å². The van der Waals surface area contributed by atoms with E-state index in [1.54, 1.807) is 0 Å². The molecule has 2 aromatic heterocycles. The van der Waals surface area contributed by atoms with Gasteiger partial charge in [-0.2, -0.15) is 5.26 Å². The molecule has 0 fully saturated rings. The van der Waals surface area contributed by atoms with Crippen LogP contribution in [0.1, 0.15) is 31.2 Å². The van der Waals surface area contributed by atoms with Gasteiger partial charge in [0.1, 0.15) is 28.1 Å². The molecule has 7 heteroatoms. The van der Waals surface area contributed by atoms with Crippen molar-refractivity contribution in [3.05, 3.63) is 31.2 Å². The number of aromatic nitrogens is 2. The van der Waals surface area contributed by atoms with Gasteiger partial charge in [0.05, 0.1) is 10.7 Å². The van der Waals surface area contributed by atoms with Crippen molar-refractivity contribution >= 4 is 42.1 Å². The highest BCUT2D eigenvalue weighted by atomic mass is 32.1. The van der Waals surface area contributed by atoms with Crippen LogP contribution >= 0.6 is 22.7 Å². The number of rotatable bonds is 3. The fraction of sp³-hybridized carbons (Fsp3) is 0.308. The highest BCUT2D eigenvalue weighted by molar-refractivity contribution is 7.13. The van der Waals surface area contributed by atoms with Gasteiger partial charge >= 0.3 is 8.05 Å². The Labute approximate surface area is 127 Å². The van der Waals surface area contributed by atoms with Crippen LogP contribution in [0.2, 0.25) is 0 Å². The summed E-state index contributed by atoms with van der Waals surface area (Å²) in [5.41, 5.74) is 1.83. The van der Waals surface area contributed by atoms with Gasteiger partial charge in [0.15, 0.2) is 0 Å². The van der Waals surface area contributed by atoms with E-state index in [0.29, 0.717) is 16.3 Å². The Morgan fingerprint density at radius 3 is 2.25 bits per heavy atom. The van der Waals surface area contributed by atoms with E-state index in [0.717, 1.165) is 20.5 Å². The first-order valence-electron chi connectivity index (χ1n) is 5.87. The molecule has 100 valence electrons. The maximum Gasteiger partial charge on any atom is 0.374 e.